The Balaban J connectivity index is 1.94. The van der Waals surface area contributed by atoms with E-state index in [4.69, 9.17) is 9.47 Å². The van der Waals surface area contributed by atoms with Crippen molar-refractivity contribution in [2.24, 2.45) is 5.41 Å². The number of fused-ring (bicyclic) bond motifs is 1. The first-order valence-corrected chi connectivity index (χ1v) is 10.8. The molecular formula is C22H21NO6S. The Hall–Kier alpha value is -3.13. The van der Waals surface area contributed by atoms with Crippen molar-refractivity contribution in [2.75, 3.05) is 14.2 Å². The number of hydrogen-bond acceptors (Lipinski definition) is 6. The molecule has 4 rings (SSSR count). The number of benzene rings is 2. The second kappa shape index (κ2) is 6.98. The standard InChI is InChI=1S/C22H21NO6S/c1-14-8-10-16(11-9-14)30(26,27)23-18-7-5-4-6-15(18)12-19(23)17-13-22(17,20(24)28-2)21(25)29-3/h4-12,17H,13H2,1-3H3. The monoisotopic (exact) mass is 427 g/mol. The number of methoxy groups -OCH3 is 2. The van der Waals surface area contributed by atoms with Crippen molar-refractivity contribution in [1.29, 1.82) is 0 Å². The van der Waals surface area contributed by atoms with Crippen LogP contribution in [0.2, 0.25) is 0 Å². The van der Waals surface area contributed by atoms with Gasteiger partial charge in [-0.2, -0.15) is 0 Å². The fraction of sp³-hybridized carbons (Fsp3) is 0.273. The van der Waals surface area contributed by atoms with Gasteiger partial charge in [-0.25, -0.2) is 12.4 Å². The van der Waals surface area contributed by atoms with Crippen molar-refractivity contribution < 1.29 is 27.5 Å². The summed E-state index contributed by atoms with van der Waals surface area (Å²) in [6.07, 6.45) is 0.117. The molecule has 7 nitrogen and oxygen atoms in total. The van der Waals surface area contributed by atoms with Crippen LogP contribution in [0.3, 0.4) is 0 Å². The first-order valence-electron chi connectivity index (χ1n) is 9.37. The molecule has 2 aromatic carbocycles. The molecular weight excluding hydrogens is 406 g/mol. The lowest BCUT2D eigenvalue weighted by Crippen LogP contribution is -2.30. The van der Waals surface area contributed by atoms with Crippen LogP contribution in [0, 0.1) is 12.3 Å². The molecule has 1 aliphatic rings. The molecule has 0 aliphatic heterocycles. The number of para-hydroxylation sites is 1. The SMILES string of the molecule is COC(=O)C1(C(=O)OC)CC1c1cc2ccccc2n1S(=O)(=O)c1ccc(C)cc1. The number of esters is 2. The highest BCUT2D eigenvalue weighted by atomic mass is 32.2. The Kier molecular flexibility index (Phi) is 4.69. The number of rotatable bonds is 5. The van der Waals surface area contributed by atoms with Gasteiger partial charge < -0.3 is 9.47 Å². The van der Waals surface area contributed by atoms with E-state index in [9.17, 15) is 18.0 Å². The fourth-order valence-electron chi connectivity index (χ4n) is 4.00. The van der Waals surface area contributed by atoms with Crippen molar-refractivity contribution in [2.45, 2.75) is 24.2 Å². The number of carbonyl (C=O) groups is 2. The van der Waals surface area contributed by atoms with E-state index < -0.39 is 33.3 Å². The highest BCUT2D eigenvalue weighted by Gasteiger charge is 2.69. The Bertz CT molecular complexity index is 1240. The van der Waals surface area contributed by atoms with Gasteiger partial charge >= 0.3 is 11.9 Å². The summed E-state index contributed by atoms with van der Waals surface area (Å²) in [5.74, 6) is -2.14. The molecule has 0 amide bonds. The zero-order valence-electron chi connectivity index (χ0n) is 16.8. The number of hydrogen-bond donors (Lipinski definition) is 0. The van der Waals surface area contributed by atoms with Crippen molar-refractivity contribution in [3.63, 3.8) is 0 Å². The smallest absolute Gasteiger partial charge is 0.323 e. The Labute approximate surface area is 174 Å². The van der Waals surface area contributed by atoms with Gasteiger partial charge in [-0.05, 0) is 37.6 Å². The number of carbonyl (C=O) groups excluding carboxylic acids is 2. The van der Waals surface area contributed by atoms with E-state index in [0.717, 1.165) is 5.56 Å². The normalized spacial score (nSPS) is 17.5. The van der Waals surface area contributed by atoms with E-state index in [1.165, 1.54) is 18.2 Å². The molecule has 1 aliphatic carbocycles. The van der Waals surface area contributed by atoms with Crippen LogP contribution in [-0.4, -0.2) is 38.5 Å². The third-order valence-electron chi connectivity index (χ3n) is 5.67. The van der Waals surface area contributed by atoms with Crippen molar-refractivity contribution >= 4 is 32.9 Å². The van der Waals surface area contributed by atoms with Crippen LogP contribution in [0.25, 0.3) is 10.9 Å². The third kappa shape index (κ3) is 2.82. The number of nitrogens with zero attached hydrogens (tertiary/aromatic N) is 1. The van der Waals surface area contributed by atoms with Crippen molar-refractivity contribution in [3.05, 3.63) is 65.9 Å². The van der Waals surface area contributed by atoms with Crippen molar-refractivity contribution in [3.8, 4) is 0 Å². The molecule has 1 heterocycles. The zero-order chi connectivity index (χ0) is 21.7. The van der Waals surface area contributed by atoms with Crippen molar-refractivity contribution in [1.82, 2.24) is 3.97 Å². The molecule has 0 N–H and O–H groups in total. The summed E-state index contributed by atoms with van der Waals surface area (Å²) in [6, 6.07) is 15.3. The van der Waals surface area contributed by atoms with E-state index >= 15 is 0 Å². The Morgan fingerprint density at radius 2 is 1.60 bits per heavy atom. The average molecular weight is 427 g/mol. The minimum atomic E-state index is -3.98. The van der Waals surface area contributed by atoms with Gasteiger partial charge in [-0.3, -0.25) is 9.59 Å². The number of ether oxygens (including phenoxy) is 2. The first-order chi connectivity index (χ1) is 14.3. The lowest BCUT2D eigenvalue weighted by molar-refractivity contribution is -0.161. The molecule has 156 valence electrons. The molecule has 1 atom stereocenters. The van der Waals surface area contributed by atoms with Crippen LogP contribution >= 0.6 is 0 Å². The molecule has 3 aromatic rings. The molecule has 0 bridgehead atoms. The number of aromatic nitrogens is 1. The first kappa shape index (κ1) is 20.2. The third-order valence-corrected chi connectivity index (χ3v) is 7.43. The molecule has 1 unspecified atom stereocenters. The lowest BCUT2D eigenvalue weighted by atomic mass is 10.0. The summed E-state index contributed by atoms with van der Waals surface area (Å²) in [6.45, 7) is 1.87. The van der Waals surface area contributed by atoms with Gasteiger partial charge in [0, 0.05) is 17.0 Å². The topological polar surface area (TPSA) is 91.7 Å². The van der Waals surface area contributed by atoms with E-state index in [1.807, 2.05) is 6.92 Å². The van der Waals surface area contributed by atoms with Gasteiger partial charge in [0.15, 0.2) is 5.41 Å². The quantitative estimate of drug-likeness (QED) is 0.459. The highest BCUT2D eigenvalue weighted by molar-refractivity contribution is 7.90. The zero-order valence-corrected chi connectivity index (χ0v) is 17.6. The molecule has 1 fully saturated rings. The molecule has 0 spiro atoms. The summed E-state index contributed by atoms with van der Waals surface area (Å²) in [5, 5.41) is 0.693. The minimum Gasteiger partial charge on any atom is -0.468 e. The average Bonchev–Trinajstić information content (AvgIpc) is 3.38. The van der Waals surface area contributed by atoms with Crippen LogP contribution in [0.4, 0.5) is 0 Å². The van der Waals surface area contributed by atoms with Crippen LogP contribution in [0.15, 0.2) is 59.5 Å². The van der Waals surface area contributed by atoms with Crippen LogP contribution in [-0.2, 0) is 29.1 Å². The van der Waals surface area contributed by atoms with Crippen LogP contribution in [0.1, 0.15) is 23.6 Å². The van der Waals surface area contributed by atoms with Crippen LogP contribution < -0.4 is 0 Å². The van der Waals surface area contributed by atoms with Gasteiger partial charge in [0.05, 0.1) is 24.6 Å². The molecule has 1 aromatic heterocycles. The van der Waals surface area contributed by atoms with Crippen LogP contribution in [0.5, 0.6) is 0 Å². The summed E-state index contributed by atoms with van der Waals surface area (Å²) >= 11 is 0. The largest absolute Gasteiger partial charge is 0.468 e. The van der Waals surface area contributed by atoms with E-state index in [1.54, 1.807) is 54.6 Å². The summed E-state index contributed by atoms with van der Waals surface area (Å²) < 4.78 is 38.1. The Morgan fingerprint density at radius 1 is 1.00 bits per heavy atom. The lowest BCUT2D eigenvalue weighted by Gasteiger charge is -2.15. The maximum Gasteiger partial charge on any atom is 0.323 e. The summed E-state index contributed by atoms with van der Waals surface area (Å²) in [5.41, 5.74) is 0.221. The van der Waals surface area contributed by atoms with E-state index in [0.29, 0.717) is 16.6 Å². The molecule has 1 saturated carbocycles. The van der Waals surface area contributed by atoms with Gasteiger partial charge in [0.1, 0.15) is 0 Å². The van der Waals surface area contributed by atoms with Gasteiger partial charge in [-0.15, -0.1) is 0 Å². The predicted molar refractivity (Wildman–Crippen MR) is 110 cm³/mol. The molecule has 30 heavy (non-hydrogen) atoms. The molecule has 0 saturated heterocycles. The fourth-order valence-corrected chi connectivity index (χ4v) is 5.57. The molecule has 8 heteroatoms. The second-order valence-corrected chi connectivity index (χ2v) is 9.21. The minimum absolute atomic E-state index is 0.117. The van der Waals surface area contributed by atoms with Gasteiger partial charge in [0.2, 0.25) is 0 Å². The number of aryl methyl sites for hydroxylation is 1. The highest BCUT2D eigenvalue weighted by Crippen LogP contribution is 2.61. The molecule has 0 radical (unpaired) electrons. The maximum absolute atomic E-state index is 13.6. The van der Waals surface area contributed by atoms with E-state index in [-0.39, 0.29) is 11.3 Å². The second-order valence-electron chi connectivity index (χ2n) is 7.42. The van der Waals surface area contributed by atoms with E-state index in [2.05, 4.69) is 0 Å². The van der Waals surface area contributed by atoms with Gasteiger partial charge in [0.25, 0.3) is 10.0 Å². The maximum atomic E-state index is 13.6. The van der Waals surface area contributed by atoms with Gasteiger partial charge in [-0.1, -0.05) is 35.9 Å². The summed E-state index contributed by atoms with van der Waals surface area (Å²) in [7, 11) is -1.59. The predicted octanol–water partition coefficient (Wildman–Crippen LogP) is 3.01. The summed E-state index contributed by atoms with van der Waals surface area (Å²) in [4.78, 5) is 25.1. The Morgan fingerprint density at radius 3 is 2.20 bits per heavy atom.